The maximum atomic E-state index is 11.8. The van der Waals surface area contributed by atoms with Gasteiger partial charge in [0.1, 0.15) is 0 Å². The van der Waals surface area contributed by atoms with Crippen molar-refractivity contribution in [2.45, 2.75) is 38.5 Å². The molecule has 4 rings (SSSR count). The van der Waals surface area contributed by atoms with Crippen LogP contribution < -0.4 is 5.32 Å². The normalized spacial score (nSPS) is 17.2. The smallest absolute Gasteiger partial charge is 0.314 e. The second kappa shape index (κ2) is 25.1. The topological polar surface area (TPSA) is 202 Å². The van der Waals surface area contributed by atoms with Gasteiger partial charge in [0, 0.05) is 78.7 Å². The molecule has 0 aromatic carbocycles. The van der Waals surface area contributed by atoms with Gasteiger partial charge in [0.15, 0.2) is 0 Å². The summed E-state index contributed by atoms with van der Waals surface area (Å²) in [4.78, 5) is 82.8. The van der Waals surface area contributed by atoms with Crippen molar-refractivity contribution >= 4 is 41.5 Å². The third-order valence-electron chi connectivity index (χ3n) is 7.21. The van der Waals surface area contributed by atoms with Crippen molar-refractivity contribution in [1.29, 1.82) is 0 Å². The van der Waals surface area contributed by atoms with E-state index in [2.05, 4.69) is 16.6 Å². The lowest BCUT2D eigenvalue weighted by Gasteiger charge is -2.27. The van der Waals surface area contributed by atoms with E-state index < -0.39 is 17.9 Å². The van der Waals surface area contributed by atoms with Gasteiger partial charge in [0.25, 0.3) is 0 Å². The Hall–Kier alpha value is -3.93. The minimum absolute atomic E-state index is 0.00110. The quantitative estimate of drug-likeness (QED) is 0.160. The van der Waals surface area contributed by atoms with E-state index in [0.717, 1.165) is 19.6 Å². The number of esters is 2. The molecule has 48 heavy (non-hydrogen) atoms. The summed E-state index contributed by atoms with van der Waals surface area (Å²) in [5.74, 6) is -1.81. The van der Waals surface area contributed by atoms with Crippen LogP contribution in [0.5, 0.6) is 0 Å². The summed E-state index contributed by atoms with van der Waals surface area (Å²) in [6.07, 6.45) is 2.51. The number of carbonyl (C=O) groups is 7. The fourth-order valence-electron chi connectivity index (χ4n) is 4.31. The monoisotopic (exact) mass is 685 g/mol. The molecule has 2 N–H and O–H groups in total. The molecule has 0 spiro atoms. The van der Waals surface area contributed by atoms with Gasteiger partial charge < -0.3 is 49.0 Å². The van der Waals surface area contributed by atoms with Gasteiger partial charge in [-0.1, -0.05) is 6.58 Å². The highest BCUT2D eigenvalue weighted by Gasteiger charge is 2.20. The molecule has 4 aliphatic rings. The highest BCUT2D eigenvalue weighted by Crippen LogP contribution is 2.05. The Kier molecular flexibility index (Phi) is 22.0. The van der Waals surface area contributed by atoms with Crippen LogP contribution in [0.2, 0.25) is 0 Å². The van der Waals surface area contributed by atoms with Crippen LogP contribution in [0.4, 0.5) is 0 Å². The largest absolute Gasteiger partial charge is 0.481 e. The molecule has 0 aliphatic carbocycles. The summed E-state index contributed by atoms with van der Waals surface area (Å²) < 4.78 is 19.4. The first-order valence-corrected chi connectivity index (χ1v) is 16.0. The van der Waals surface area contributed by atoms with E-state index in [0.29, 0.717) is 78.8 Å². The SMILES string of the molecule is C=CC(=O)N1CCOCC1.CN(CCC(=O)N1CCOCC1)C(=O)CCC(=O)O.CNCCC(=O)N1CCOCC1.O=C1CCC(=O)O1. The Bertz CT molecular complexity index is 1040. The van der Waals surface area contributed by atoms with Crippen LogP contribution in [0.1, 0.15) is 38.5 Å². The van der Waals surface area contributed by atoms with Crippen LogP contribution in [-0.2, 0) is 52.5 Å². The Morgan fingerprint density at radius 3 is 1.56 bits per heavy atom. The summed E-state index contributed by atoms with van der Waals surface area (Å²) >= 11 is 0. The molecule has 4 amide bonds. The summed E-state index contributed by atoms with van der Waals surface area (Å²) in [6.45, 7) is 12.4. The molecular weight excluding hydrogens is 634 g/mol. The number of hydrogen-bond donors (Lipinski definition) is 2. The number of carboxylic acid groups (broad SMARTS) is 1. The van der Waals surface area contributed by atoms with Gasteiger partial charge in [-0.15, -0.1) is 0 Å². The molecule has 0 atom stereocenters. The van der Waals surface area contributed by atoms with Gasteiger partial charge in [-0.25, -0.2) is 0 Å². The highest BCUT2D eigenvalue weighted by atomic mass is 16.6. The Balaban J connectivity index is 0.000000341. The number of nitrogens with one attached hydrogen (secondary N) is 1. The van der Waals surface area contributed by atoms with Crippen LogP contribution in [0, 0.1) is 0 Å². The van der Waals surface area contributed by atoms with Crippen molar-refractivity contribution in [3.05, 3.63) is 12.7 Å². The highest BCUT2D eigenvalue weighted by molar-refractivity contribution is 5.92. The number of morpholine rings is 3. The van der Waals surface area contributed by atoms with Gasteiger partial charge in [-0.05, 0) is 13.1 Å². The number of ether oxygens (including phenoxy) is 4. The number of hydrogen-bond acceptors (Lipinski definition) is 12. The number of cyclic esters (lactones) is 2. The van der Waals surface area contributed by atoms with E-state index in [4.69, 9.17) is 19.3 Å². The van der Waals surface area contributed by atoms with Crippen molar-refractivity contribution in [1.82, 2.24) is 24.9 Å². The molecule has 272 valence electrons. The zero-order valence-corrected chi connectivity index (χ0v) is 28.2. The molecule has 4 heterocycles. The lowest BCUT2D eigenvalue weighted by molar-refractivity contribution is -0.152. The summed E-state index contributed by atoms with van der Waals surface area (Å²) in [5.41, 5.74) is 0. The maximum absolute atomic E-state index is 11.8. The fourth-order valence-corrected chi connectivity index (χ4v) is 4.31. The zero-order chi connectivity index (χ0) is 35.7. The summed E-state index contributed by atoms with van der Waals surface area (Å²) in [7, 11) is 3.43. The first kappa shape index (κ1) is 42.1. The van der Waals surface area contributed by atoms with Gasteiger partial charge >= 0.3 is 17.9 Å². The minimum Gasteiger partial charge on any atom is -0.481 e. The first-order valence-electron chi connectivity index (χ1n) is 16.0. The summed E-state index contributed by atoms with van der Waals surface area (Å²) in [6, 6.07) is 0. The van der Waals surface area contributed by atoms with Gasteiger partial charge in [0.2, 0.25) is 23.6 Å². The molecule has 4 aliphatic heterocycles. The van der Waals surface area contributed by atoms with E-state index in [1.54, 1.807) is 16.8 Å². The molecule has 17 heteroatoms. The van der Waals surface area contributed by atoms with E-state index in [1.165, 1.54) is 11.0 Å². The van der Waals surface area contributed by atoms with Gasteiger partial charge in [-0.2, -0.15) is 0 Å². The molecule has 0 aromatic rings. The number of carboxylic acids is 1. The lowest BCUT2D eigenvalue weighted by atomic mass is 10.2. The predicted molar refractivity (Wildman–Crippen MR) is 170 cm³/mol. The number of nitrogens with zero attached hydrogens (tertiary/aromatic N) is 4. The van der Waals surface area contributed by atoms with E-state index in [1.807, 2.05) is 11.9 Å². The van der Waals surface area contributed by atoms with Crippen LogP contribution in [0.25, 0.3) is 0 Å². The van der Waals surface area contributed by atoms with Crippen LogP contribution in [-0.4, -0.2) is 172 Å². The third kappa shape index (κ3) is 19.0. The molecule has 0 saturated carbocycles. The van der Waals surface area contributed by atoms with E-state index in [9.17, 15) is 33.6 Å². The van der Waals surface area contributed by atoms with Crippen molar-refractivity contribution in [3.63, 3.8) is 0 Å². The summed E-state index contributed by atoms with van der Waals surface area (Å²) in [5, 5.41) is 11.4. The van der Waals surface area contributed by atoms with E-state index in [-0.39, 0.29) is 55.7 Å². The van der Waals surface area contributed by atoms with Crippen LogP contribution in [0.3, 0.4) is 0 Å². The number of aliphatic carboxylic acids is 1. The predicted octanol–water partition coefficient (Wildman–Crippen LogP) is -1.11. The molecular formula is C31H51N5O12. The van der Waals surface area contributed by atoms with Crippen molar-refractivity contribution in [3.8, 4) is 0 Å². The average Bonchev–Trinajstić information content (AvgIpc) is 3.51. The average molecular weight is 686 g/mol. The number of amides is 4. The first-order chi connectivity index (χ1) is 23.0. The Morgan fingerprint density at radius 1 is 0.750 bits per heavy atom. The Morgan fingerprint density at radius 2 is 1.19 bits per heavy atom. The van der Waals surface area contributed by atoms with Crippen LogP contribution >= 0.6 is 0 Å². The third-order valence-corrected chi connectivity index (χ3v) is 7.21. The van der Waals surface area contributed by atoms with Crippen molar-refractivity contribution in [2.75, 3.05) is 106 Å². The number of rotatable bonds is 10. The second-order valence-corrected chi connectivity index (χ2v) is 10.8. The molecule has 17 nitrogen and oxygen atoms in total. The molecule has 0 unspecified atom stereocenters. The van der Waals surface area contributed by atoms with Gasteiger partial charge in [-0.3, -0.25) is 33.6 Å². The molecule has 4 saturated heterocycles. The molecule has 0 bridgehead atoms. The lowest BCUT2D eigenvalue weighted by Crippen LogP contribution is -2.42. The maximum Gasteiger partial charge on any atom is 0.314 e. The Labute approximate surface area is 281 Å². The van der Waals surface area contributed by atoms with Crippen molar-refractivity contribution in [2.24, 2.45) is 0 Å². The molecule has 0 aromatic heterocycles. The van der Waals surface area contributed by atoms with Gasteiger partial charge in [0.05, 0.1) is 58.9 Å². The standard InChI is InChI=1S/C12H20N2O5.C8H16N2O2.C7H11NO2.C4H4O3/c1-13(10(15)2-3-12(17)18)5-4-11(16)14-6-8-19-9-7-14;1-9-3-2-8(11)10-4-6-12-7-5-10;1-2-7(9)8-3-5-10-6-4-8;5-3-1-2-4(6)7-3/h2-9H2,1H3,(H,17,18);9H,2-7H2,1H3;2H,1,3-6H2;1-2H2. The second-order valence-electron chi connectivity index (χ2n) is 10.8. The van der Waals surface area contributed by atoms with Crippen molar-refractivity contribution < 1.29 is 57.6 Å². The minimum atomic E-state index is -0.994. The molecule has 0 radical (unpaired) electrons. The zero-order valence-electron chi connectivity index (χ0n) is 28.2. The number of carbonyl (C=O) groups excluding carboxylic acids is 6. The van der Waals surface area contributed by atoms with E-state index >= 15 is 0 Å². The van der Waals surface area contributed by atoms with Crippen LogP contribution in [0.15, 0.2) is 12.7 Å². The molecule has 4 fully saturated rings. The fraction of sp³-hybridized carbons (Fsp3) is 0.710.